The standard InChI is InChI=1S/C12H16N4O4S/c1-12(2,3)20-11(19)15-14-8(17)7-6-13-10-16(9(7)18)4-5-21-10/h6H,4-5H2,1-3H3,(H,14,17)(H,15,19). The summed E-state index contributed by atoms with van der Waals surface area (Å²) in [7, 11) is 0. The van der Waals surface area contributed by atoms with Gasteiger partial charge in [0.25, 0.3) is 11.5 Å². The first-order valence-electron chi connectivity index (χ1n) is 6.30. The number of amides is 2. The van der Waals surface area contributed by atoms with Crippen molar-refractivity contribution in [2.75, 3.05) is 5.75 Å². The van der Waals surface area contributed by atoms with Crippen molar-refractivity contribution in [3.63, 3.8) is 0 Å². The Bertz CT molecular complexity index is 635. The molecule has 2 rings (SSSR count). The second-order valence-electron chi connectivity index (χ2n) is 5.34. The number of nitrogens with one attached hydrogen (secondary N) is 2. The molecule has 2 N–H and O–H groups in total. The fourth-order valence-corrected chi connectivity index (χ4v) is 2.57. The molecule has 1 aromatic rings. The SMILES string of the molecule is CC(C)(C)OC(=O)NNC(=O)c1cnc2n(c1=O)CCS2. The molecule has 0 saturated heterocycles. The molecule has 0 unspecified atom stereocenters. The zero-order valence-corrected chi connectivity index (χ0v) is 12.7. The average Bonchev–Trinajstić information content (AvgIpc) is 2.83. The molecule has 0 radical (unpaired) electrons. The van der Waals surface area contributed by atoms with E-state index in [0.717, 1.165) is 5.75 Å². The number of aromatic nitrogens is 2. The number of ether oxygens (including phenoxy) is 1. The normalized spacial score (nSPS) is 13.5. The fraction of sp³-hybridized carbons (Fsp3) is 0.500. The second kappa shape index (κ2) is 5.76. The number of hydrogen-bond acceptors (Lipinski definition) is 6. The van der Waals surface area contributed by atoms with E-state index in [2.05, 4.69) is 15.8 Å². The third-order valence-electron chi connectivity index (χ3n) is 2.48. The lowest BCUT2D eigenvalue weighted by Crippen LogP contribution is -2.46. The third-order valence-corrected chi connectivity index (χ3v) is 3.45. The van der Waals surface area contributed by atoms with E-state index in [1.807, 2.05) is 0 Å². The molecule has 0 aromatic carbocycles. The van der Waals surface area contributed by atoms with Crippen LogP contribution in [0.2, 0.25) is 0 Å². The van der Waals surface area contributed by atoms with Crippen LogP contribution in [0, 0.1) is 0 Å². The van der Waals surface area contributed by atoms with E-state index in [0.29, 0.717) is 11.7 Å². The predicted molar refractivity (Wildman–Crippen MR) is 76.1 cm³/mol. The topological polar surface area (TPSA) is 102 Å². The molecule has 1 aromatic heterocycles. The zero-order chi connectivity index (χ0) is 15.6. The van der Waals surface area contributed by atoms with Gasteiger partial charge in [-0.05, 0) is 20.8 Å². The maximum absolute atomic E-state index is 12.1. The van der Waals surface area contributed by atoms with Gasteiger partial charge in [0, 0.05) is 18.5 Å². The first kappa shape index (κ1) is 15.4. The van der Waals surface area contributed by atoms with Crippen LogP contribution in [0.4, 0.5) is 4.79 Å². The Balaban J connectivity index is 2.02. The molecule has 0 spiro atoms. The van der Waals surface area contributed by atoms with E-state index in [1.165, 1.54) is 22.5 Å². The molecule has 0 atom stereocenters. The number of rotatable bonds is 1. The first-order valence-corrected chi connectivity index (χ1v) is 7.28. The molecule has 21 heavy (non-hydrogen) atoms. The Morgan fingerprint density at radius 3 is 2.76 bits per heavy atom. The molecule has 9 heteroatoms. The molecule has 2 amide bonds. The molecule has 8 nitrogen and oxygen atoms in total. The summed E-state index contributed by atoms with van der Waals surface area (Å²) in [4.78, 5) is 39.4. The maximum Gasteiger partial charge on any atom is 0.426 e. The van der Waals surface area contributed by atoms with Gasteiger partial charge in [0.15, 0.2) is 5.16 Å². The average molecular weight is 312 g/mol. The molecule has 2 heterocycles. The van der Waals surface area contributed by atoms with Gasteiger partial charge in [-0.15, -0.1) is 0 Å². The highest BCUT2D eigenvalue weighted by molar-refractivity contribution is 7.99. The number of hydrazine groups is 1. The van der Waals surface area contributed by atoms with Crippen LogP contribution in [0.25, 0.3) is 0 Å². The monoisotopic (exact) mass is 312 g/mol. The summed E-state index contributed by atoms with van der Waals surface area (Å²) >= 11 is 1.46. The van der Waals surface area contributed by atoms with Crippen LogP contribution in [0.1, 0.15) is 31.1 Å². The van der Waals surface area contributed by atoms with Crippen molar-refractivity contribution in [2.45, 2.75) is 38.1 Å². The third kappa shape index (κ3) is 3.75. The highest BCUT2D eigenvalue weighted by Gasteiger charge is 2.21. The summed E-state index contributed by atoms with van der Waals surface area (Å²) in [6.07, 6.45) is 0.402. The van der Waals surface area contributed by atoms with Crippen LogP contribution in [-0.2, 0) is 11.3 Å². The van der Waals surface area contributed by atoms with Gasteiger partial charge in [0.2, 0.25) is 0 Å². The minimum Gasteiger partial charge on any atom is -0.443 e. The van der Waals surface area contributed by atoms with Crippen molar-refractivity contribution in [3.05, 3.63) is 22.1 Å². The van der Waals surface area contributed by atoms with Crippen LogP contribution in [0.5, 0.6) is 0 Å². The van der Waals surface area contributed by atoms with E-state index >= 15 is 0 Å². The number of thioether (sulfide) groups is 1. The van der Waals surface area contributed by atoms with E-state index in [9.17, 15) is 14.4 Å². The van der Waals surface area contributed by atoms with Crippen LogP contribution in [0.15, 0.2) is 16.1 Å². The van der Waals surface area contributed by atoms with Gasteiger partial charge in [-0.25, -0.2) is 15.2 Å². The molecule has 0 aliphatic carbocycles. The van der Waals surface area contributed by atoms with Gasteiger partial charge in [-0.1, -0.05) is 11.8 Å². The van der Waals surface area contributed by atoms with Crippen molar-refractivity contribution >= 4 is 23.8 Å². The summed E-state index contributed by atoms with van der Waals surface area (Å²) in [5.41, 5.74) is 2.99. The van der Waals surface area contributed by atoms with Gasteiger partial charge in [0.1, 0.15) is 11.2 Å². The van der Waals surface area contributed by atoms with Crippen LogP contribution >= 0.6 is 11.8 Å². The molecular formula is C12H16N4O4S. The minimum atomic E-state index is -0.805. The summed E-state index contributed by atoms with van der Waals surface area (Å²) in [5.74, 6) is 0.0225. The Hall–Kier alpha value is -2.03. The maximum atomic E-state index is 12.1. The van der Waals surface area contributed by atoms with Gasteiger partial charge >= 0.3 is 6.09 Å². The van der Waals surface area contributed by atoms with Gasteiger partial charge in [-0.3, -0.25) is 19.6 Å². The second-order valence-corrected chi connectivity index (χ2v) is 6.40. The molecular weight excluding hydrogens is 296 g/mol. The summed E-state index contributed by atoms with van der Waals surface area (Å²) in [5, 5.41) is 0.594. The highest BCUT2D eigenvalue weighted by Crippen LogP contribution is 2.20. The summed E-state index contributed by atoms with van der Waals surface area (Å²) in [6.45, 7) is 5.61. The number of carbonyl (C=O) groups is 2. The first-order chi connectivity index (χ1) is 9.78. The number of nitrogens with zero attached hydrogens (tertiary/aromatic N) is 2. The van der Waals surface area contributed by atoms with Crippen molar-refractivity contribution in [3.8, 4) is 0 Å². The zero-order valence-electron chi connectivity index (χ0n) is 11.9. The number of fused-ring (bicyclic) bond motifs is 1. The van der Waals surface area contributed by atoms with Crippen LogP contribution in [-0.4, -0.2) is 32.9 Å². The number of carbonyl (C=O) groups excluding carboxylic acids is 2. The van der Waals surface area contributed by atoms with E-state index in [1.54, 1.807) is 20.8 Å². The summed E-state index contributed by atoms with van der Waals surface area (Å²) < 4.78 is 6.40. The van der Waals surface area contributed by atoms with Crippen LogP contribution < -0.4 is 16.4 Å². The number of hydrogen-bond donors (Lipinski definition) is 2. The lowest BCUT2D eigenvalue weighted by atomic mass is 10.2. The fourth-order valence-electron chi connectivity index (χ4n) is 1.65. The summed E-state index contributed by atoms with van der Waals surface area (Å²) in [6, 6.07) is 0. The van der Waals surface area contributed by atoms with Gasteiger partial charge in [-0.2, -0.15) is 0 Å². The largest absolute Gasteiger partial charge is 0.443 e. The Morgan fingerprint density at radius 1 is 1.38 bits per heavy atom. The Labute approximate surface area is 125 Å². The lowest BCUT2D eigenvalue weighted by molar-refractivity contribution is 0.0483. The van der Waals surface area contributed by atoms with Crippen molar-refractivity contribution < 1.29 is 14.3 Å². The molecule has 0 fully saturated rings. The molecule has 1 aliphatic heterocycles. The quantitative estimate of drug-likeness (QED) is 0.579. The van der Waals surface area contributed by atoms with E-state index in [4.69, 9.17) is 4.74 Å². The smallest absolute Gasteiger partial charge is 0.426 e. The molecule has 0 saturated carbocycles. The molecule has 114 valence electrons. The minimum absolute atomic E-state index is 0.127. The van der Waals surface area contributed by atoms with E-state index in [-0.39, 0.29) is 5.56 Å². The molecule has 1 aliphatic rings. The van der Waals surface area contributed by atoms with E-state index < -0.39 is 23.2 Å². The van der Waals surface area contributed by atoms with Crippen molar-refractivity contribution in [1.82, 2.24) is 20.4 Å². The van der Waals surface area contributed by atoms with Crippen LogP contribution in [0.3, 0.4) is 0 Å². The Kier molecular flexibility index (Phi) is 4.21. The van der Waals surface area contributed by atoms with Crippen molar-refractivity contribution in [2.24, 2.45) is 0 Å². The lowest BCUT2D eigenvalue weighted by Gasteiger charge is -2.19. The highest BCUT2D eigenvalue weighted by atomic mass is 32.2. The van der Waals surface area contributed by atoms with Gasteiger partial charge < -0.3 is 4.74 Å². The van der Waals surface area contributed by atoms with Crippen molar-refractivity contribution in [1.29, 1.82) is 0 Å². The van der Waals surface area contributed by atoms with Gasteiger partial charge in [0.05, 0.1) is 0 Å². The Morgan fingerprint density at radius 2 is 2.10 bits per heavy atom. The molecule has 0 bridgehead atoms. The predicted octanol–water partition coefficient (Wildman–Crippen LogP) is 0.518.